The van der Waals surface area contributed by atoms with Crippen LogP contribution in [-0.2, 0) is 16.6 Å². The summed E-state index contributed by atoms with van der Waals surface area (Å²) in [5.74, 6) is 0. The molecule has 0 saturated heterocycles. The number of fused-ring (bicyclic) bond motifs is 1. The van der Waals surface area contributed by atoms with E-state index in [1.165, 1.54) is 0 Å². The predicted octanol–water partition coefficient (Wildman–Crippen LogP) is 3.82. The molecule has 111 valence electrons. The molecule has 0 atom stereocenters. The molecule has 0 aromatic heterocycles. The van der Waals surface area contributed by atoms with Crippen molar-refractivity contribution in [3.05, 3.63) is 85.4 Å². The molecule has 3 aromatic rings. The van der Waals surface area contributed by atoms with E-state index < -0.39 is 10.0 Å². The number of rotatable bonds is 4. The Labute approximate surface area is 130 Å². The summed E-state index contributed by atoms with van der Waals surface area (Å²) in [4.78, 5) is 0.288. The topological polar surface area (TPSA) is 37.4 Å². The molecule has 0 fully saturated rings. The second-order valence-electron chi connectivity index (χ2n) is 5.08. The van der Waals surface area contributed by atoms with Crippen molar-refractivity contribution < 1.29 is 8.42 Å². The second kappa shape index (κ2) is 5.91. The number of benzene rings is 3. The number of hydrogen-bond donors (Lipinski definition) is 0. The molecular formula is C18H16NO2S. The van der Waals surface area contributed by atoms with Gasteiger partial charge in [-0.15, -0.1) is 0 Å². The Kier molecular flexibility index (Phi) is 3.96. The van der Waals surface area contributed by atoms with E-state index in [1.807, 2.05) is 60.7 Å². The maximum Gasteiger partial charge on any atom is 0.244 e. The quantitative estimate of drug-likeness (QED) is 0.734. The van der Waals surface area contributed by atoms with E-state index in [9.17, 15) is 8.42 Å². The van der Waals surface area contributed by atoms with Gasteiger partial charge in [-0.1, -0.05) is 66.7 Å². The Morgan fingerprint density at radius 1 is 0.818 bits per heavy atom. The van der Waals surface area contributed by atoms with Crippen LogP contribution in [0.1, 0.15) is 5.56 Å². The third kappa shape index (κ3) is 2.75. The molecule has 3 aromatic carbocycles. The molecule has 0 aliphatic heterocycles. The Balaban J connectivity index is 2.01. The van der Waals surface area contributed by atoms with Crippen LogP contribution in [-0.4, -0.2) is 12.7 Å². The Morgan fingerprint density at radius 3 is 2.23 bits per heavy atom. The zero-order chi connectivity index (χ0) is 15.6. The van der Waals surface area contributed by atoms with Gasteiger partial charge in [0.05, 0.1) is 4.90 Å². The van der Waals surface area contributed by atoms with Gasteiger partial charge in [0, 0.05) is 19.0 Å². The maximum atomic E-state index is 12.8. The average molecular weight is 310 g/mol. The predicted molar refractivity (Wildman–Crippen MR) is 88.5 cm³/mol. The molecule has 0 spiro atoms. The first kappa shape index (κ1) is 14.8. The van der Waals surface area contributed by atoms with E-state index in [1.54, 1.807) is 12.1 Å². The molecule has 0 unspecified atom stereocenters. The van der Waals surface area contributed by atoms with Crippen molar-refractivity contribution in [2.24, 2.45) is 0 Å². The fourth-order valence-electron chi connectivity index (χ4n) is 2.43. The zero-order valence-corrected chi connectivity index (χ0v) is 12.8. The fraction of sp³-hybridized carbons (Fsp3) is 0.0556. The zero-order valence-electron chi connectivity index (χ0n) is 12.0. The molecule has 22 heavy (non-hydrogen) atoms. The average Bonchev–Trinajstić information content (AvgIpc) is 2.55. The van der Waals surface area contributed by atoms with Crippen LogP contribution in [0, 0.1) is 7.05 Å². The van der Waals surface area contributed by atoms with E-state index >= 15 is 0 Å². The minimum Gasteiger partial charge on any atom is -0.207 e. The first-order valence-electron chi connectivity index (χ1n) is 6.94. The molecule has 0 saturated carbocycles. The molecule has 0 heterocycles. The number of nitrogens with zero attached hydrogens (tertiary/aromatic N) is 1. The highest BCUT2D eigenvalue weighted by Crippen LogP contribution is 2.26. The third-order valence-corrected chi connectivity index (χ3v) is 5.29. The summed E-state index contributed by atoms with van der Waals surface area (Å²) in [6.45, 7) is 0.242. The lowest BCUT2D eigenvalue weighted by Crippen LogP contribution is -2.24. The van der Waals surface area contributed by atoms with Crippen molar-refractivity contribution in [2.45, 2.75) is 11.4 Å². The van der Waals surface area contributed by atoms with E-state index in [0.717, 1.165) is 15.3 Å². The van der Waals surface area contributed by atoms with Gasteiger partial charge >= 0.3 is 0 Å². The van der Waals surface area contributed by atoms with Crippen LogP contribution in [0.4, 0.5) is 0 Å². The van der Waals surface area contributed by atoms with Gasteiger partial charge in [-0.2, -0.15) is 4.31 Å². The largest absolute Gasteiger partial charge is 0.244 e. The van der Waals surface area contributed by atoms with Crippen LogP contribution in [0.5, 0.6) is 0 Å². The summed E-state index contributed by atoms with van der Waals surface area (Å²) in [6, 6.07) is 22.2. The van der Waals surface area contributed by atoms with Gasteiger partial charge in [0.15, 0.2) is 0 Å². The van der Waals surface area contributed by atoms with Crippen LogP contribution >= 0.6 is 0 Å². The molecular weight excluding hydrogens is 294 g/mol. The van der Waals surface area contributed by atoms with Gasteiger partial charge in [0.2, 0.25) is 10.0 Å². The van der Waals surface area contributed by atoms with Crippen LogP contribution in [0.15, 0.2) is 77.7 Å². The summed E-state index contributed by atoms with van der Waals surface area (Å²) in [5, 5.41) is 1.61. The van der Waals surface area contributed by atoms with E-state index in [-0.39, 0.29) is 11.4 Å². The minimum atomic E-state index is -3.64. The van der Waals surface area contributed by atoms with Crippen LogP contribution in [0.25, 0.3) is 10.8 Å². The number of sulfonamides is 1. The van der Waals surface area contributed by atoms with Gasteiger partial charge in [-0.05, 0) is 17.0 Å². The third-order valence-electron chi connectivity index (χ3n) is 3.57. The normalized spacial score (nSPS) is 11.9. The van der Waals surface area contributed by atoms with E-state index in [0.29, 0.717) is 5.39 Å². The molecule has 4 heteroatoms. The van der Waals surface area contributed by atoms with Crippen molar-refractivity contribution in [1.82, 2.24) is 4.31 Å². The SMILES string of the molecule is [CH2]N(Cc1ccccc1)S(=O)(=O)c1cccc2ccccc12. The molecule has 0 N–H and O–H groups in total. The van der Waals surface area contributed by atoms with E-state index in [4.69, 9.17) is 0 Å². The lowest BCUT2D eigenvalue weighted by atomic mass is 10.1. The van der Waals surface area contributed by atoms with E-state index in [2.05, 4.69) is 7.05 Å². The first-order chi connectivity index (χ1) is 10.6. The van der Waals surface area contributed by atoms with Gasteiger partial charge < -0.3 is 0 Å². The van der Waals surface area contributed by atoms with Gasteiger partial charge in [0.1, 0.15) is 0 Å². The molecule has 1 radical (unpaired) electrons. The summed E-state index contributed by atoms with van der Waals surface area (Å²) in [5.41, 5.74) is 0.904. The van der Waals surface area contributed by atoms with Gasteiger partial charge in [-0.3, -0.25) is 0 Å². The Hall–Kier alpha value is -2.17. The highest BCUT2D eigenvalue weighted by atomic mass is 32.2. The van der Waals surface area contributed by atoms with Crippen molar-refractivity contribution in [3.63, 3.8) is 0 Å². The maximum absolute atomic E-state index is 12.8. The summed E-state index contributed by atoms with van der Waals surface area (Å²) in [7, 11) is 0.0920. The summed E-state index contributed by atoms with van der Waals surface area (Å²) >= 11 is 0. The van der Waals surface area contributed by atoms with Crippen LogP contribution in [0.3, 0.4) is 0 Å². The highest BCUT2D eigenvalue weighted by molar-refractivity contribution is 7.89. The summed E-state index contributed by atoms with van der Waals surface area (Å²) in [6.07, 6.45) is 0. The number of hydrogen-bond acceptors (Lipinski definition) is 2. The molecule has 3 rings (SSSR count). The van der Waals surface area contributed by atoms with Crippen LogP contribution < -0.4 is 0 Å². The molecule has 0 aliphatic carbocycles. The highest BCUT2D eigenvalue weighted by Gasteiger charge is 2.23. The van der Waals surface area contributed by atoms with Crippen molar-refractivity contribution in [3.8, 4) is 0 Å². The monoisotopic (exact) mass is 310 g/mol. The lowest BCUT2D eigenvalue weighted by Gasteiger charge is -2.18. The summed E-state index contributed by atoms with van der Waals surface area (Å²) < 4.78 is 26.8. The van der Waals surface area contributed by atoms with Crippen molar-refractivity contribution in [2.75, 3.05) is 0 Å². The second-order valence-corrected chi connectivity index (χ2v) is 6.98. The molecule has 3 nitrogen and oxygen atoms in total. The van der Waals surface area contributed by atoms with Crippen LogP contribution in [0.2, 0.25) is 0 Å². The Bertz CT molecular complexity index is 884. The molecule has 0 amide bonds. The molecule has 0 bridgehead atoms. The van der Waals surface area contributed by atoms with Gasteiger partial charge in [-0.25, -0.2) is 8.42 Å². The minimum absolute atomic E-state index is 0.242. The smallest absolute Gasteiger partial charge is 0.207 e. The van der Waals surface area contributed by atoms with Gasteiger partial charge in [0.25, 0.3) is 0 Å². The lowest BCUT2D eigenvalue weighted by molar-refractivity contribution is 0.493. The standard InChI is InChI=1S/C18H16NO2S/c1-19(14-15-8-3-2-4-9-15)22(20,21)18-13-7-11-16-10-5-6-12-17(16)18/h2-13H,1,14H2. The first-order valence-corrected chi connectivity index (χ1v) is 8.38. The fourth-order valence-corrected chi connectivity index (χ4v) is 3.74. The van der Waals surface area contributed by atoms with Crippen molar-refractivity contribution in [1.29, 1.82) is 0 Å². The Morgan fingerprint density at radius 2 is 1.45 bits per heavy atom. The van der Waals surface area contributed by atoms with Crippen molar-refractivity contribution >= 4 is 20.8 Å². The molecule has 0 aliphatic rings.